The van der Waals surface area contributed by atoms with E-state index in [2.05, 4.69) is 26.8 Å². The lowest BCUT2D eigenvalue weighted by Crippen LogP contribution is -2.34. The number of nitrogens with zero attached hydrogens (tertiary/aromatic N) is 5. The topological polar surface area (TPSA) is 107 Å². The first-order chi connectivity index (χ1) is 16.0. The summed E-state index contributed by atoms with van der Waals surface area (Å²) in [7, 11) is 0. The van der Waals surface area contributed by atoms with Crippen molar-refractivity contribution in [1.29, 1.82) is 0 Å². The van der Waals surface area contributed by atoms with E-state index in [4.69, 9.17) is 15.5 Å². The monoisotopic (exact) mass is 452 g/mol. The summed E-state index contributed by atoms with van der Waals surface area (Å²) in [4.78, 5) is 30.1. The Morgan fingerprint density at radius 3 is 2.64 bits per heavy atom. The van der Waals surface area contributed by atoms with Gasteiger partial charge in [-0.2, -0.15) is 0 Å². The molecule has 0 unspecified atom stereocenters. The summed E-state index contributed by atoms with van der Waals surface area (Å²) in [5.74, 6) is 1.16. The lowest BCUT2D eigenvalue weighted by Gasteiger charge is -2.30. The summed E-state index contributed by atoms with van der Waals surface area (Å²) in [6, 6.07) is 5.90. The number of nitrogens with two attached hydrogens (primary N) is 1. The first-order valence-corrected chi connectivity index (χ1v) is 11.0. The van der Waals surface area contributed by atoms with Crippen molar-refractivity contribution in [3.8, 4) is 11.4 Å². The third-order valence-corrected chi connectivity index (χ3v) is 5.77. The molecule has 3 aromatic rings. The molecular weight excluding hydrogens is 423 g/mol. The van der Waals surface area contributed by atoms with Crippen molar-refractivity contribution in [3.05, 3.63) is 65.5 Å². The molecule has 0 radical (unpaired) electrons. The van der Waals surface area contributed by atoms with E-state index in [9.17, 15) is 9.18 Å². The van der Waals surface area contributed by atoms with Gasteiger partial charge < -0.3 is 15.4 Å². The number of hydrogen-bond donors (Lipinski definition) is 1. The molecule has 0 bridgehead atoms. The quantitative estimate of drug-likeness (QED) is 0.649. The molecule has 8 nitrogen and oxygen atoms in total. The van der Waals surface area contributed by atoms with Gasteiger partial charge in [-0.1, -0.05) is 19.1 Å². The number of piperidine rings is 1. The van der Waals surface area contributed by atoms with Crippen molar-refractivity contribution >= 4 is 11.9 Å². The van der Waals surface area contributed by atoms with Gasteiger partial charge in [0, 0.05) is 50.7 Å². The molecule has 9 heteroatoms. The Labute approximate surface area is 193 Å². The fraction of sp³-hybridized carbons (Fsp3) is 0.375. The average molecular weight is 453 g/mol. The summed E-state index contributed by atoms with van der Waals surface area (Å²) >= 11 is 0. The van der Waals surface area contributed by atoms with Gasteiger partial charge in [0.2, 0.25) is 5.95 Å². The molecule has 0 atom stereocenters. The average Bonchev–Trinajstić information content (AvgIpc) is 2.85. The number of carbonyl (C=O) groups is 1. The molecule has 0 aliphatic carbocycles. The number of hydrogen-bond acceptors (Lipinski definition) is 7. The molecule has 1 saturated heterocycles. The SMILES string of the molecule is CC1CCN(c2ncc3c(n2)CCOC3)CC1.NC(=O)c1cnc(-c2cccc(F)c2)nc1.[HH]. The van der Waals surface area contributed by atoms with Crippen molar-refractivity contribution in [2.75, 3.05) is 24.6 Å². The maximum Gasteiger partial charge on any atom is 0.251 e. The molecule has 1 aromatic carbocycles. The van der Waals surface area contributed by atoms with E-state index >= 15 is 0 Å². The van der Waals surface area contributed by atoms with Crippen LogP contribution in [0, 0.1) is 11.7 Å². The molecule has 0 spiro atoms. The van der Waals surface area contributed by atoms with Crippen LogP contribution in [0.4, 0.5) is 10.3 Å². The zero-order chi connectivity index (χ0) is 23.2. The maximum atomic E-state index is 12.9. The molecule has 33 heavy (non-hydrogen) atoms. The normalized spacial score (nSPS) is 15.9. The third-order valence-electron chi connectivity index (χ3n) is 5.77. The molecule has 2 aliphatic rings. The van der Waals surface area contributed by atoms with Gasteiger partial charge in [-0.25, -0.2) is 24.3 Å². The van der Waals surface area contributed by atoms with Crippen LogP contribution in [0.5, 0.6) is 0 Å². The Kier molecular flexibility index (Phi) is 7.19. The predicted molar refractivity (Wildman–Crippen MR) is 124 cm³/mol. The number of amides is 1. The minimum absolute atomic E-state index is 0. The molecule has 174 valence electrons. The third kappa shape index (κ3) is 5.87. The van der Waals surface area contributed by atoms with Crippen LogP contribution >= 0.6 is 0 Å². The van der Waals surface area contributed by atoms with E-state index in [1.165, 1.54) is 43.1 Å². The highest BCUT2D eigenvalue weighted by Crippen LogP contribution is 2.22. The molecule has 5 rings (SSSR count). The second kappa shape index (κ2) is 10.4. The lowest BCUT2D eigenvalue weighted by atomic mass is 10.00. The van der Waals surface area contributed by atoms with Gasteiger partial charge in [0.1, 0.15) is 5.82 Å². The first kappa shape index (κ1) is 22.7. The highest BCUT2D eigenvalue weighted by atomic mass is 19.1. The van der Waals surface area contributed by atoms with Gasteiger partial charge in [0.15, 0.2) is 5.82 Å². The van der Waals surface area contributed by atoms with Gasteiger partial charge in [-0.05, 0) is 30.9 Å². The Hall–Kier alpha value is -3.46. The fourth-order valence-electron chi connectivity index (χ4n) is 3.71. The number of fused-ring (bicyclic) bond motifs is 1. The van der Waals surface area contributed by atoms with E-state index in [1.807, 2.05) is 6.20 Å². The van der Waals surface area contributed by atoms with Crippen LogP contribution in [0.25, 0.3) is 11.4 Å². The fourth-order valence-corrected chi connectivity index (χ4v) is 3.71. The highest BCUT2D eigenvalue weighted by molar-refractivity contribution is 5.92. The van der Waals surface area contributed by atoms with E-state index in [0.717, 1.165) is 43.5 Å². The number of aromatic nitrogens is 4. The minimum Gasteiger partial charge on any atom is -0.376 e. The molecule has 2 N–H and O–H groups in total. The van der Waals surface area contributed by atoms with E-state index < -0.39 is 5.91 Å². The van der Waals surface area contributed by atoms with Crippen LogP contribution in [0.3, 0.4) is 0 Å². The summed E-state index contributed by atoms with van der Waals surface area (Å²) in [5.41, 5.74) is 8.16. The van der Waals surface area contributed by atoms with Crippen LogP contribution in [-0.4, -0.2) is 45.5 Å². The van der Waals surface area contributed by atoms with Gasteiger partial charge in [0.05, 0.1) is 24.5 Å². The standard InChI is InChI=1S/C13H19N3O.C11H8FN3O.H2/c1-10-2-5-16(6-3-10)13-14-8-11-9-17-7-4-12(11)15-13;12-9-3-1-2-7(4-9)11-14-5-8(6-15-11)10(13)16;/h8,10H,2-7,9H2,1H3;1-6H,(H2,13,16);1H. The number of benzene rings is 1. The van der Waals surface area contributed by atoms with Gasteiger partial charge in [0.25, 0.3) is 5.91 Å². The summed E-state index contributed by atoms with van der Waals surface area (Å²) < 4.78 is 18.3. The Morgan fingerprint density at radius 1 is 1.18 bits per heavy atom. The molecule has 1 fully saturated rings. The van der Waals surface area contributed by atoms with Gasteiger partial charge in [-0.3, -0.25) is 4.79 Å². The van der Waals surface area contributed by atoms with Crippen molar-refractivity contribution < 1.29 is 15.3 Å². The number of carbonyl (C=O) groups excluding carboxylic acids is 1. The predicted octanol–water partition coefficient (Wildman–Crippen LogP) is 3.41. The molecule has 4 heterocycles. The van der Waals surface area contributed by atoms with Crippen LogP contribution in [0.1, 0.15) is 42.8 Å². The van der Waals surface area contributed by atoms with E-state index in [1.54, 1.807) is 12.1 Å². The highest BCUT2D eigenvalue weighted by Gasteiger charge is 2.20. The van der Waals surface area contributed by atoms with Crippen molar-refractivity contribution in [1.82, 2.24) is 19.9 Å². The molecule has 1 amide bonds. The maximum absolute atomic E-state index is 12.9. The number of halogens is 1. The van der Waals surface area contributed by atoms with Crippen molar-refractivity contribution in [2.45, 2.75) is 32.8 Å². The van der Waals surface area contributed by atoms with Crippen LogP contribution in [0.15, 0.2) is 42.9 Å². The number of rotatable bonds is 3. The second-order valence-electron chi connectivity index (χ2n) is 8.28. The number of anilines is 1. The number of ether oxygens (including phenoxy) is 1. The number of primary amides is 1. The van der Waals surface area contributed by atoms with Crippen LogP contribution in [0.2, 0.25) is 0 Å². The Bertz CT molecular complexity index is 1110. The van der Waals surface area contributed by atoms with Crippen LogP contribution in [-0.2, 0) is 17.8 Å². The smallest absolute Gasteiger partial charge is 0.251 e. The van der Waals surface area contributed by atoms with E-state index in [0.29, 0.717) is 18.0 Å². The molecule has 0 saturated carbocycles. The molecular formula is C24H29FN6O2. The van der Waals surface area contributed by atoms with Crippen molar-refractivity contribution in [2.24, 2.45) is 11.7 Å². The first-order valence-electron chi connectivity index (χ1n) is 11.0. The van der Waals surface area contributed by atoms with Gasteiger partial charge >= 0.3 is 0 Å². The summed E-state index contributed by atoms with van der Waals surface area (Å²) in [5, 5.41) is 0. The second-order valence-corrected chi connectivity index (χ2v) is 8.28. The van der Waals surface area contributed by atoms with Crippen LogP contribution < -0.4 is 10.6 Å². The molecule has 2 aliphatic heterocycles. The van der Waals surface area contributed by atoms with Crippen molar-refractivity contribution in [3.63, 3.8) is 0 Å². The zero-order valence-electron chi connectivity index (χ0n) is 18.6. The Balaban J connectivity index is 0.000000186. The largest absolute Gasteiger partial charge is 0.376 e. The minimum atomic E-state index is -0.592. The zero-order valence-corrected chi connectivity index (χ0v) is 18.6. The lowest BCUT2D eigenvalue weighted by molar-refractivity contribution is 0.0999. The summed E-state index contributed by atoms with van der Waals surface area (Å²) in [6.45, 7) is 5.97. The van der Waals surface area contributed by atoms with E-state index in [-0.39, 0.29) is 12.8 Å². The Morgan fingerprint density at radius 2 is 1.94 bits per heavy atom. The molecule has 2 aromatic heterocycles. The van der Waals surface area contributed by atoms with Gasteiger partial charge in [-0.15, -0.1) is 0 Å². The summed E-state index contributed by atoms with van der Waals surface area (Å²) in [6.07, 6.45) is 8.00.